The SMILES string of the molecule is COC(=O)c1ccc(O)cc1.COC(=O)c1ccc(OCCCCl)cc1. The summed E-state index contributed by atoms with van der Waals surface area (Å²) in [6.45, 7) is 0.584. The number of esters is 2. The van der Waals surface area contributed by atoms with Crippen molar-refractivity contribution in [2.45, 2.75) is 6.42 Å². The molecule has 0 spiro atoms. The number of phenolic OH excluding ortho intramolecular Hbond substituents is 1. The molecule has 0 aliphatic heterocycles. The number of aromatic hydroxyl groups is 1. The summed E-state index contributed by atoms with van der Waals surface area (Å²) in [5, 5.41) is 8.86. The van der Waals surface area contributed by atoms with E-state index in [1.807, 2.05) is 0 Å². The van der Waals surface area contributed by atoms with Crippen LogP contribution in [0.1, 0.15) is 27.1 Å². The van der Waals surface area contributed by atoms with Gasteiger partial charge in [0.1, 0.15) is 11.5 Å². The third-order valence-corrected chi connectivity index (χ3v) is 3.38. The van der Waals surface area contributed by atoms with E-state index < -0.39 is 5.97 Å². The molecule has 0 aromatic heterocycles. The first kappa shape index (κ1) is 21.3. The van der Waals surface area contributed by atoms with Gasteiger partial charge in [-0.15, -0.1) is 11.6 Å². The quantitative estimate of drug-likeness (QED) is 0.468. The summed E-state index contributed by atoms with van der Waals surface area (Å²) < 4.78 is 14.4. The average Bonchev–Trinajstić information content (AvgIpc) is 2.68. The number of halogens is 1. The van der Waals surface area contributed by atoms with Crippen molar-refractivity contribution in [3.8, 4) is 11.5 Å². The maximum Gasteiger partial charge on any atom is 0.337 e. The highest BCUT2D eigenvalue weighted by atomic mass is 35.5. The third-order valence-electron chi connectivity index (χ3n) is 3.11. The minimum absolute atomic E-state index is 0.137. The van der Waals surface area contributed by atoms with E-state index in [9.17, 15) is 9.59 Å². The lowest BCUT2D eigenvalue weighted by molar-refractivity contribution is 0.0592. The standard InChI is InChI=1S/C11H13ClO3.C8H8O3/c1-14-11(13)9-3-5-10(6-4-9)15-8-2-7-12;1-11-8(10)6-2-4-7(9)5-3-6/h3-6H,2,7-8H2,1H3;2-5,9H,1H3. The van der Waals surface area contributed by atoms with Gasteiger partial charge in [-0.1, -0.05) is 0 Å². The zero-order chi connectivity index (χ0) is 19.4. The molecule has 2 aromatic carbocycles. The molecule has 0 fully saturated rings. The number of methoxy groups -OCH3 is 2. The van der Waals surface area contributed by atoms with Crippen molar-refractivity contribution in [3.05, 3.63) is 59.7 Å². The van der Waals surface area contributed by atoms with Gasteiger partial charge >= 0.3 is 11.9 Å². The van der Waals surface area contributed by atoms with Crippen LogP contribution in [-0.4, -0.2) is 43.8 Å². The van der Waals surface area contributed by atoms with Gasteiger partial charge in [-0.3, -0.25) is 0 Å². The summed E-state index contributed by atoms with van der Waals surface area (Å²) in [5.74, 6) is 0.706. The molecule has 0 bridgehead atoms. The molecule has 2 rings (SSSR count). The Bertz CT molecular complexity index is 682. The number of benzene rings is 2. The molecule has 2 aromatic rings. The second-order valence-electron chi connectivity index (χ2n) is 4.95. The monoisotopic (exact) mass is 380 g/mol. The van der Waals surface area contributed by atoms with Crippen LogP contribution in [0.3, 0.4) is 0 Å². The van der Waals surface area contributed by atoms with Crippen molar-refractivity contribution in [1.82, 2.24) is 0 Å². The Hall–Kier alpha value is -2.73. The van der Waals surface area contributed by atoms with Crippen LogP contribution >= 0.6 is 11.6 Å². The number of phenols is 1. The lowest BCUT2D eigenvalue weighted by Gasteiger charge is -2.05. The fourth-order valence-electron chi connectivity index (χ4n) is 1.77. The topological polar surface area (TPSA) is 82.1 Å². The van der Waals surface area contributed by atoms with Gasteiger partial charge in [0.25, 0.3) is 0 Å². The molecule has 7 heteroatoms. The number of hydrogen-bond acceptors (Lipinski definition) is 6. The van der Waals surface area contributed by atoms with E-state index in [1.165, 1.54) is 38.5 Å². The van der Waals surface area contributed by atoms with Gasteiger partial charge in [0.2, 0.25) is 0 Å². The third kappa shape index (κ3) is 7.44. The smallest absolute Gasteiger partial charge is 0.337 e. The molecule has 0 aliphatic carbocycles. The maximum absolute atomic E-state index is 11.1. The zero-order valence-electron chi connectivity index (χ0n) is 14.6. The normalized spacial score (nSPS) is 9.50. The van der Waals surface area contributed by atoms with E-state index in [0.29, 0.717) is 23.6 Å². The molecule has 0 saturated carbocycles. The predicted molar refractivity (Wildman–Crippen MR) is 98.1 cm³/mol. The van der Waals surface area contributed by atoms with Gasteiger partial charge in [-0.2, -0.15) is 0 Å². The molecule has 0 heterocycles. The second kappa shape index (κ2) is 11.8. The lowest BCUT2D eigenvalue weighted by Crippen LogP contribution is -2.01. The number of rotatable bonds is 6. The average molecular weight is 381 g/mol. The summed E-state index contributed by atoms with van der Waals surface area (Å²) in [5.41, 5.74) is 0.951. The van der Waals surface area contributed by atoms with Crippen molar-refractivity contribution >= 4 is 23.5 Å². The van der Waals surface area contributed by atoms with Crippen LogP contribution in [0.25, 0.3) is 0 Å². The van der Waals surface area contributed by atoms with Crippen molar-refractivity contribution in [2.75, 3.05) is 26.7 Å². The van der Waals surface area contributed by atoms with Gasteiger partial charge in [0.15, 0.2) is 0 Å². The summed E-state index contributed by atoms with van der Waals surface area (Å²) >= 11 is 5.51. The summed E-state index contributed by atoms with van der Waals surface area (Å²) in [6, 6.07) is 12.7. The van der Waals surface area contributed by atoms with E-state index in [1.54, 1.807) is 24.3 Å². The van der Waals surface area contributed by atoms with Gasteiger partial charge in [-0.25, -0.2) is 9.59 Å². The van der Waals surface area contributed by atoms with Crippen LogP contribution in [0.4, 0.5) is 0 Å². The van der Waals surface area contributed by atoms with Crippen molar-refractivity contribution in [3.63, 3.8) is 0 Å². The van der Waals surface area contributed by atoms with Crippen molar-refractivity contribution in [1.29, 1.82) is 0 Å². The van der Waals surface area contributed by atoms with Crippen LogP contribution in [0, 0.1) is 0 Å². The summed E-state index contributed by atoms with van der Waals surface area (Å²) in [4.78, 5) is 21.9. The number of alkyl halides is 1. The number of hydrogen-bond donors (Lipinski definition) is 1. The highest BCUT2D eigenvalue weighted by molar-refractivity contribution is 6.17. The molecule has 1 N–H and O–H groups in total. The first-order valence-electron chi connectivity index (χ1n) is 7.76. The Labute approximate surface area is 157 Å². The Morgan fingerprint density at radius 1 is 0.885 bits per heavy atom. The van der Waals surface area contributed by atoms with Gasteiger partial charge in [0.05, 0.1) is 32.0 Å². The highest BCUT2D eigenvalue weighted by Gasteiger charge is 2.04. The first-order chi connectivity index (χ1) is 12.5. The molecule has 0 aliphatic rings. The largest absolute Gasteiger partial charge is 0.508 e. The molecule has 6 nitrogen and oxygen atoms in total. The van der Waals surface area contributed by atoms with E-state index >= 15 is 0 Å². The van der Waals surface area contributed by atoms with Crippen LogP contribution < -0.4 is 4.74 Å². The molecule has 26 heavy (non-hydrogen) atoms. The fraction of sp³-hybridized carbons (Fsp3) is 0.263. The van der Waals surface area contributed by atoms with Crippen LogP contribution in [0.5, 0.6) is 11.5 Å². The first-order valence-corrected chi connectivity index (χ1v) is 8.29. The van der Waals surface area contributed by atoms with Gasteiger partial charge < -0.3 is 19.3 Å². The summed E-state index contributed by atoms with van der Waals surface area (Å²) in [7, 11) is 2.67. The molecular weight excluding hydrogens is 360 g/mol. The fourth-order valence-corrected chi connectivity index (χ4v) is 1.87. The van der Waals surface area contributed by atoms with Gasteiger partial charge in [-0.05, 0) is 55.0 Å². The van der Waals surface area contributed by atoms with E-state index in [4.69, 9.17) is 21.4 Å². The lowest BCUT2D eigenvalue weighted by atomic mass is 10.2. The maximum atomic E-state index is 11.1. The van der Waals surface area contributed by atoms with E-state index in [0.717, 1.165) is 12.2 Å². The van der Waals surface area contributed by atoms with Crippen molar-refractivity contribution < 1.29 is 28.9 Å². The molecule has 0 radical (unpaired) electrons. The van der Waals surface area contributed by atoms with Crippen LogP contribution in [0.15, 0.2) is 48.5 Å². The highest BCUT2D eigenvalue weighted by Crippen LogP contribution is 2.13. The summed E-state index contributed by atoms with van der Waals surface area (Å²) in [6.07, 6.45) is 0.806. The van der Waals surface area contributed by atoms with Crippen LogP contribution in [-0.2, 0) is 9.47 Å². The number of ether oxygens (including phenoxy) is 3. The Morgan fingerprint density at radius 3 is 1.77 bits per heavy atom. The van der Waals surface area contributed by atoms with Crippen molar-refractivity contribution in [2.24, 2.45) is 0 Å². The number of carbonyl (C=O) groups excluding carboxylic acids is 2. The Kier molecular flexibility index (Phi) is 9.64. The Balaban J connectivity index is 0.000000273. The molecule has 140 valence electrons. The van der Waals surface area contributed by atoms with E-state index in [-0.39, 0.29) is 11.7 Å². The molecule has 0 unspecified atom stereocenters. The minimum Gasteiger partial charge on any atom is -0.508 e. The molecular formula is C19H21ClO6. The Morgan fingerprint density at radius 2 is 1.35 bits per heavy atom. The zero-order valence-corrected chi connectivity index (χ0v) is 15.4. The van der Waals surface area contributed by atoms with Gasteiger partial charge in [0, 0.05) is 5.88 Å². The van der Waals surface area contributed by atoms with Crippen LogP contribution in [0.2, 0.25) is 0 Å². The second-order valence-corrected chi connectivity index (χ2v) is 5.32. The molecule has 0 amide bonds. The van der Waals surface area contributed by atoms with E-state index in [2.05, 4.69) is 9.47 Å². The number of carbonyl (C=O) groups is 2. The molecule has 0 saturated heterocycles. The predicted octanol–water partition coefficient (Wildman–Crippen LogP) is 3.66. The minimum atomic E-state index is -0.398. The molecule has 0 atom stereocenters.